The van der Waals surface area contributed by atoms with Crippen molar-refractivity contribution in [3.8, 4) is 5.75 Å². The Morgan fingerprint density at radius 3 is 2.26 bits per heavy atom. The molecule has 1 aromatic heterocycles. The number of carboxylic acids is 1. The molecule has 5 rings (SSSR count). The van der Waals surface area contributed by atoms with E-state index in [1.807, 2.05) is 88.0 Å². The smallest absolute Gasteiger partial charge is 0.315 e. The molecular formula is C52H90N8O7S. The molecule has 16 heteroatoms. The third-order valence-electron chi connectivity index (χ3n) is 11.4. The summed E-state index contributed by atoms with van der Waals surface area (Å²) >= 11 is 1.59. The van der Waals surface area contributed by atoms with Gasteiger partial charge in [0.2, 0.25) is 11.8 Å². The molecule has 4 heterocycles. The third kappa shape index (κ3) is 24.0. The number of aromatic nitrogens is 1. The van der Waals surface area contributed by atoms with Crippen molar-refractivity contribution in [1.82, 2.24) is 30.7 Å². The summed E-state index contributed by atoms with van der Waals surface area (Å²) in [7, 11) is 5.37. The van der Waals surface area contributed by atoms with Crippen LogP contribution in [0.1, 0.15) is 164 Å². The highest BCUT2D eigenvalue weighted by Crippen LogP contribution is 2.35. The molecule has 0 spiro atoms. The number of carbonyl (C=O) groups is 4. The third-order valence-corrected chi connectivity index (χ3v) is 12.2. The maximum absolute atomic E-state index is 12.3. The van der Waals surface area contributed by atoms with Crippen molar-refractivity contribution in [2.45, 2.75) is 171 Å². The number of allylic oxidation sites excluding steroid dienone is 1. The predicted octanol–water partition coefficient (Wildman–Crippen LogP) is 10.5. The fourth-order valence-electron chi connectivity index (χ4n) is 7.63. The highest BCUT2D eigenvalue weighted by molar-refractivity contribution is 7.13. The summed E-state index contributed by atoms with van der Waals surface area (Å²) in [6.07, 6.45) is 15.8. The minimum atomic E-state index is -0.833. The molecule has 2 fully saturated rings. The number of amides is 4. The molecule has 0 saturated carbocycles. The lowest BCUT2D eigenvalue weighted by molar-refractivity contribution is -0.135. The van der Waals surface area contributed by atoms with Gasteiger partial charge in [0.1, 0.15) is 11.5 Å². The standard InChI is InChI=1S/C19H34N4O3.C18H21N3O2S.C11H25N.C2H4O2.C2H6/c1-14-8-7-11-23(14)17(25)12-20-18(26)21-15(19(2,3)4)13-22-10-6-5-9-16(22)24;1-11(2)19-18-21-16(10-24-18)14-7-8-17(23-4)13-6-5-12(22-3)9-15(13)20-14;1-4-5-6-7-8-9-11(2)10-12-3;1-2(3)4;1-2/h14-15H,5-13H2,1-4H3,(H2,20,21,26);5-6,8-11H,7H2,1-4H3,(H,19,21);11-12H,4-10H2,1-3H3;1H3,(H,3,4);1-2H3/t14-,15?;;;;/m1..../s1. The molecule has 1 aromatic carbocycles. The number of hydrogen-bond acceptors (Lipinski definition) is 11. The highest BCUT2D eigenvalue weighted by Gasteiger charge is 2.31. The van der Waals surface area contributed by atoms with Crippen LogP contribution in [0.4, 0.5) is 15.6 Å². The second kappa shape index (κ2) is 33.7. The van der Waals surface area contributed by atoms with Crippen LogP contribution < -0.4 is 26.0 Å². The van der Waals surface area contributed by atoms with Crippen LogP contribution in [0.3, 0.4) is 0 Å². The summed E-state index contributed by atoms with van der Waals surface area (Å²) in [5.41, 5.74) is 3.42. The number of urea groups is 1. The van der Waals surface area contributed by atoms with Gasteiger partial charge in [0.25, 0.3) is 5.97 Å². The normalized spacial score (nSPS) is 16.2. The van der Waals surface area contributed by atoms with Crippen molar-refractivity contribution in [3.63, 3.8) is 0 Å². The van der Waals surface area contributed by atoms with Crippen LogP contribution in [0.15, 0.2) is 34.6 Å². The first-order valence-corrected chi connectivity index (χ1v) is 25.9. The first kappa shape index (κ1) is 61.3. The number of likely N-dealkylation sites (tertiary alicyclic amines) is 2. The van der Waals surface area contributed by atoms with E-state index in [9.17, 15) is 14.4 Å². The zero-order valence-corrected chi connectivity index (χ0v) is 45.1. The Morgan fingerprint density at radius 2 is 1.69 bits per heavy atom. The number of carboxylic acid groups (broad SMARTS) is 1. The van der Waals surface area contributed by atoms with Gasteiger partial charge in [-0.1, -0.05) is 80.6 Å². The molecule has 3 aliphatic rings. The van der Waals surface area contributed by atoms with Gasteiger partial charge in [-0.2, -0.15) is 0 Å². The Bertz CT molecular complexity index is 1840. The van der Waals surface area contributed by atoms with Crippen LogP contribution in [0.5, 0.6) is 5.75 Å². The van der Waals surface area contributed by atoms with Gasteiger partial charge in [0, 0.05) is 68.5 Å². The summed E-state index contributed by atoms with van der Waals surface area (Å²) in [6, 6.07) is 5.89. The number of aliphatic carboxylic acids is 1. The van der Waals surface area contributed by atoms with Gasteiger partial charge in [-0.25, -0.2) is 14.8 Å². The average Bonchev–Trinajstić information content (AvgIpc) is 3.90. The van der Waals surface area contributed by atoms with Crippen LogP contribution >= 0.6 is 11.3 Å². The van der Waals surface area contributed by atoms with Crippen molar-refractivity contribution in [2.75, 3.05) is 59.3 Å². The van der Waals surface area contributed by atoms with Gasteiger partial charge in [-0.3, -0.25) is 14.4 Å². The largest absolute Gasteiger partial charge is 0.497 e. The molecule has 386 valence electrons. The number of piperidine rings is 1. The lowest BCUT2D eigenvalue weighted by atomic mass is 9.86. The second-order valence-electron chi connectivity index (χ2n) is 18.8. The number of nitrogens with zero attached hydrogens (tertiary/aromatic N) is 4. The van der Waals surface area contributed by atoms with Crippen molar-refractivity contribution >= 4 is 57.4 Å². The van der Waals surface area contributed by atoms with Gasteiger partial charge in [0.05, 0.1) is 43.9 Å². The quantitative estimate of drug-likeness (QED) is 0.0900. The Morgan fingerprint density at radius 1 is 1.00 bits per heavy atom. The number of benzene rings is 1. The molecule has 3 atom stereocenters. The molecule has 3 aliphatic heterocycles. The van der Waals surface area contributed by atoms with Crippen LogP contribution in [-0.4, -0.2) is 122 Å². The number of thiazole rings is 1. The maximum atomic E-state index is 12.3. The van der Waals surface area contributed by atoms with Crippen LogP contribution in [0, 0.1) is 11.3 Å². The van der Waals surface area contributed by atoms with Crippen molar-refractivity contribution < 1.29 is 33.8 Å². The van der Waals surface area contributed by atoms with E-state index in [2.05, 4.69) is 53.9 Å². The number of anilines is 1. The van der Waals surface area contributed by atoms with E-state index in [-0.39, 0.29) is 41.9 Å². The second-order valence-corrected chi connectivity index (χ2v) is 19.6. The Balaban J connectivity index is 0.000000507. The number of methoxy groups -OCH3 is 2. The molecule has 15 nitrogen and oxygen atoms in total. The fraction of sp³-hybridized carbons (Fsp3) is 0.692. The van der Waals surface area contributed by atoms with E-state index in [0.717, 1.165) is 90.9 Å². The van der Waals surface area contributed by atoms with Gasteiger partial charge in [-0.05, 0) is 96.0 Å². The van der Waals surface area contributed by atoms with Crippen LogP contribution in [0.2, 0.25) is 0 Å². The predicted molar refractivity (Wildman–Crippen MR) is 281 cm³/mol. The zero-order chi connectivity index (χ0) is 51.2. The Kier molecular flexibility index (Phi) is 30.4. The van der Waals surface area contributed by atoms with Crippen molar-refractivity contribution in [2.24, 2.45) is 16.3 Å². The van der Waals surface area contributed by atoms with E-state index in [1.165, 1.54) is 45.1 Å². The molecule has 4 amide bonds. The van der Waals surface area contributed by atoms with E-state index >= 15 is 0 Å². The fourth-order valence-corrected chi connectivity index (χ4v) is 8.50. The number of hydrogen-bond donors (Lipinski definition) is 5. The van der Waals surface area contributed by atoms with Crippen molar-refractivity contribution in [1.29, 1.82) is 0 Å². The Hall–Kier alpha value is -4.70. The van der Waals surface area contributed by atoms with E-state index in [0.29, 0.717) is 25.4 Å². The molecule has 0 bridgehead atoms. The molecule has 68 heavy (non-hydrogen) atoms. The highest BCUT2D eigenvalue weighted by atomic mass is 32.1. The first-order valence-electron chi connectivity index (χ1n) is 25.0. The molecular weight excluding hydrogens is 881 g/mol. The summed E-state index contributed by atoms with van der Waals surface area (Å²) in [5.74, 6) is 1.74. The SMILES string of the molecule is CC.CC(=O)O.CCCCCCCC(C)CNC.COC1=CCC(c2csc(NC(C)C)n2)=Nc2cc(OC)ccc21.C[C@@H]1CCCN1C(=O)CNC(=O)NC(CN1CCCCC1=O)C(C)(C)C. The van der Waals surface area contributed by atoms with E-state index < -0.39 is 5.97 Å². The number of ether oxygens (including phenoxy) is 2. The van der Waals surface area contributed by atoms with Gasteiger partial charge in [-0.15, -0.1) is 11.3 Å². The summed E-state index contributed by atoms with van der Waals surface area (Å²) < 4.78 is 10.9. The average molecular weight is 971 g/mol. The number of carbonyl (C=O) groups excluding carboxylic acids is 3. The number of fused-ring (bicyclic) bond motifs is 1. The number of unbranched alkanes of at least 4 members (excludes halogenated alkanes) is 4. The lowest BCUT2D eigenvalue weighted by Crippen LogP contribution is -2.55. The van der Waals surface area contributed by atoms with E-state index in [4.69, 9.17) is 24.4 Å². The van der Waals surface area contributed by atoms with E-state index in [1.54, 1.807) is 25.6 Å². The molecule has 2 saturated heterocycles. The molecule has 2 unspecified atom stereocenters. The topological polar surface area (TPSA) is 187 Å². The molecule has 5 N–H and O–H groups in total. The monoisotopic (exact) mass is 971 g/mol. The maximum Gasteiger partial charge on any atom is 0.315 e. The summed E-state index contributed by atoms with van der Waals surface area (Å²) in [4.78, 5) is 58.8. The zero-order valence-electron chi connectivity index (χ0n) is 44.3. The van der Waals surface area contributed by atoms with Crippen LogP contribution in [-0.2, 0) is 19.1 Å². The van der Waals surface area contributed by atoms with Gasteiger partial charge in [0.15, 0.2) is 5.13 Å². The minimum Gasteiger partial charge on any atom is -0.497 e. The van der Waals surface area contributed by atoms with Crippen LogP contribution in [0.25, 0.3) is 5.76 Å². The number of rotatable bonds is 18. The minimum absolute atomic E-state index is 0.00960. The number of nitrogens with one attached hydrogen (secondary N) is 4. The molecule has 0 radical (unpaired) electrons. The summed E-state index contributed by atoms with van der Waals surface area (Å²) in [5, 5.41) is 22.6. The molecule has 2 aromatic rings. The van der Waals surface area contributed by atoms with Crippen molar-refractivity contribution in [3.05, 3.63) is 40.9 Å². The lowest BCUT2D eigenvalue weighted by Gasteiger charge is -2.37. The number of aliphatic imine (C=N–C) groups is 1. The first-order chi connectivity index (χ1) is 32.3. The summed E-state index contributed by atoms with van der Waals surface area (Å²) in [6.45, 7) is 25.3. The van der Waals surface area contributed by atoms with Gasteiger partial charge >= 0.3 is 6.03 Å². The Labute approximate surface area is 414 Å². The van der Waals surface area contributed by atoms with Gasteiger partial charge < -0.3 is 45.6 Å². The molecule has 0 aliphatic carbocycles.